The van der Waals surface area contributed by atoms with E-state index in [0.29, 0.717) is 17.9 Å². The van der Waals surface area contributed by atoms with Gasteiger partial charge in [0, 0.05) is 24.2 Å². The van der Waals surface area contributed by atoms with Gasteiger partial charge in [0.05, 0.1) is 35.6 Å². The predicted molar refractivity (Wildman–Crippen MR) is 122 cm³/mol. The summed E-state index contributed by atoms with van der Waals surface area (Å²) in [7, 11) is 0. The van der Waals surface area contributed by atoms with Gasteiger partial charge in [-0.05, 0) is 56.7 Å². The van der Waals surface area contributed by atoms with Gasteiger partial charge < -0.3 is 14.0 Å². The second-order valence-electron chi connectivity index (χ2n) is 8.69. The highest BCUT2D eigenvalue weighted by atomic mass is 19.1. The van der Waals surface area contributed by atoms with E-state index in [2.05, 4.69) is 4.98 Å². The van der Waals surface area contributed by atoms with Crippen LogP contribution in [0.2, 0.25) is 0 Å². The van der Waals surface area contributed by atoms with Crippen LogP contribution in [0.1, 0.15) is 51.0 Å². The standard InChI is InChI=1S/C25H26FN5O2/c26-19-8-2-1-7-17(19)25-18-13-20(22-14-27-16-30(22)23-9-3-5-11-32-23)28-15-21(18)31(29-25)24-10-4-6-12-33-24/h1-2,7-8,13-16,23-24H,3-6,9-12H2. The molecule has 7 nitrogen and oxygen atoms in total. The molecule has 2 saturated heterocycles. The van der Waals surface area contributed by atoms with Gasteiger partial charge in [0.1, 0.15) is 17.7 Å². The lowest BCUT2D eigenvalue weighted by molar-refractivity contribution is -0.0365. The average molecular weight is 448 g/mol. The van der Waals surface area contributed by atoms with Crippen molar-refractivity contribution in [3.8, 4) is 22.6 Å². The van der Waals surface area contributed by atoms with Crippen molar-refractivity contribution in [1.82, 2.24) is 24.3 Å². The maximum absolute atomic E-state index is 14.8. The van der Waals surface area contributed by atoms with E-state index in [-0.39, 0.29) is 18.3 Å². The number of halogens is 1. The van der Waals surface area contributed by atoms with Crippen molar-refractivity contribution in [2.24, 2.45) is 0 Å². The van der Waals surface area contributed by atoms with Gasteiger partial charge in [-0.3, -0.25) is 4.98 Å². The molecule has 170 valence electrons. The van der Waals surface area contributed by atoms with Gasteiger partial charge in [-0.15, -0.1) is 0 Å². The Labute approximate surface area is 191 Å². The van der Waals surface area contributed by atoms with Gasteiger partial charge >= 0.3 is 0 Å². The molecule has 0 amide bonds. The molecule has 1 aromatic carbocycles. The van der Waals surface area contributed by atoms with Crippen LogP contribution in [0.4, 0.5) is 4.39 Å². The summed E-state index contributed by atoms with van der Waals surface area (Å²) in [6, 6.07) is 8.74. The molecule has 3 aromatic heterocycles. The Hall–Kier alpha value is -3.10. The van der Waals surface area contributed by atoms with Crippen LogP contribution >= 0.6 is 0 Å². The van der Waals surface area contributed by atoms with Gasteiger partial charge in [0.2, 0.25) is 0 Å². The van der Waals surface area contributed by atoms with Crippen molar-refractivity contribution in [1.29, 1.82) is 0 Å². The van der Waals surface area contributed by atoms with E-state index in [1.54, 1.807) is 18.5 Å². The second kappa shape index (κ2) is 8.68. The predicted octanol–water partition coefficient (Wildman–Crippen LogP) is 5.50. The molecule has 2 aliphatic rings. The molecule has 5 heterocycles. The molecular weight excluding hydrogens is 421 g/mol. The second-order valence-corrected chi connectivity index (χ2v) is 8.69. The normalized spacial score (nSPS) is 21.5. The number of ether oxygens (including phenoxy) is 2. The van der Waals surface area contributed by atoms with E-state index >= 15 is 0 Å². The first kappa shape index (κ1) is 20.5. The monoisotopic (exact) mass is 447 g/mol. The van der Waals surface area contributed by atoms with E-state index in [1.807, 2.05) is 33.8 Å². The maximum atomic E-state index is 14.8. The zero-order valence-corrected chi connectivity index (χ0v) is 18.4. The van der Waals surface area contributed by atoms with Crippen LogP contribution in [0.15, 0.2) is 49.1 Å². The lowest BCUT2D eigenvalue weighted by Gasteiger charge is -2.25. The summed E-state index contributed by atoms with van der Waals surface area (Å²) in [5, 5.41) is 5.69. The van der Waals surface area contributed by atoms with Crippen molar-refractivity contribution < 1.29 is 13.9 Å². The minimum atomic E-state index is -0.298. The van der Waals surface area contributed by atoms with Crippen molar-refractivity contribution >= 4 is 10.9 Å². The number of pyridine rings is 1. The zero-order valence-electron chi connectivity index (χ0n) is 18.4. The van der Waals surface area contributed by atoms with Crippen molar-refractivity contribution in [2.75, 3.05) is 13.2 Å². The highest BCUT2D eigenvalue weighted by Crippen LogP contribution is 2.36. The molecule has 2 aliphatic heterocycles. The Morgan fingerprint density at radius 3 is 2.48 bits per heavy atom. The van der Waals surface area contributed by atoms with Crippen LogP contribution < -0.4 is 0 Å². The van der Waals surface area contributed by atoms with Crippen LogP contribution in [0.5, 0.6) is 0 Å². The summed E-state index contributed by atoms with van der Waals surface area (Å²) in [6.07, 6.45) is 11.4. The minimum absolute atomic E-state index is 0.0434. The average Bonchev–Trinajstić information content (AvgIpc) is 3.51. The highest BCUT2D eigenvalue weighted by Gasteiger charge is 2.25. The first-order chi connectivity index (χ1) is 16.3. The third-order valence-corrected chi connectivity index (χ3v) is 6.54. The summed E-state index contributed by atoms with van der Waals surface area (Å²) in [5.74, 6) is -0.298. The lowest BCUT2D eigenvalue weighted by Crippen LogP contribution is -2.19. The maximum Gasteiger partial charge on any atom is 0.150 e. The Balaban J connectivity index is 1.50. The summed E-state index contributed by atoms with van der Waals surface area (Å²) in [5.41, 5.74) is 3.55. The third-order valence-electron chi connectivity index (χ3n) is 6.54. The third kappa shape index (κ3) is 3.73. The number of benzene rings is 1. The first-order valence-electron chi connectivity index (χ1n) is 11.7. The minimum Gasteiger partial charge on any atom is -0.358 e. The number of hydrogen-bond acceptors (Lipinski definition) is 5. The number of aromatic nitrogens is 5. The Morgan fingerprint density at radius 1 is 0.939 bits per heavy atom. The lowest BCUT2D eigenvalue weighted by atomic mass is 10.1. The van der Waals surface area contributed by atoms with Crippen molar-refractivity contribution in [3.05, 3.63) is 54.9 Å². The molecule has 8 heteroatoms. The summed E-state index contributed by atoms with van der Waals surface area (Å²) in [4.78, 5) is 9.13. The molecule has 2 fully saturated rings. The summed E-state index contributed by atoms with van der Waals surface area (Å²) in [6.45, 7) is 1.45. The number of fused-ring (bicyclic) bond motifs is 1. The van der Waals surface area contributed by atoms with Gasteiger partial charge in [-0.1, -0.05) is 12.1 Å². The fourth-order valence-electron chi connectivity index (χ4n) is 4.84. The molecule has 2 unspecified atom stereocenters. The first-order valence-corrected chi connectivity index (χ1v) is 11.7. The van der Waals surface area contributed by atoms with Crippen LogP contribution in [-0.2, 0) is 9.47 Å². The number of hydrogen-bond donors (Lipinski definition) is 0. The van der Waals surface area contributed by atoms with Crippen LogP contribution in [-0.4, -0.2) is 37.5 Å². The molecular formula is C25H26FN5O2. The Kier molecular flexibility index (Phi) is 5.39. The van der Waals surface area contributed by atoms with Crippen LogP contribution in [0, 0.1) is 5.82 Å². The Morgan fingerprint density at radius 2 is 1.73 bits per heavy atom. The summed E-state index contributed by atoms with van der Waals surface area (Å²) >= 11 is 0. The molecule has 0 saturated carbocycles. The van der Waals surface area contributed by atoms with Gasteiger partial charge in [0.25, 0.3) is 0 Å². The number of rotatable bonds is 4. The molecule has 4 aromatic rings. The van der Waals surface area contributed by atoms with Crippen molar-refractivity contribution in [3.63, 3.8) is 0 Å². The number of nitrogens with zero attached hydrogens (tertiary/aromatic N) is 5. The van der Waals surface area contributed by atoms with Gasteiger partial charge in [-0.2, -0.15) is 5.10 Å². The smallest absolute Gasteiger partial charge is 0.150 e. The molecule has 0 radical (unpaired) electrons. The van der Waals surface area contributed by atoms with Gasteiger partial charge in [0.15, 0.2) is 6.23 Å². The zero-order chi connectivity index (χ0) is 22.2. The Bertz CT molecular complexity index is 1270. The topological polar surface area (TPSA) is 67.0 Å². The van der Waals surface area contributed by atoms with E-state index < -0.39 is 0 Å². The quantitative estimate of drug-likeness (QED) is 0.413. The molecule has 0 bridgehead atoms. The summed E-state index contributed by atoms with van der Waals surface area (Å²) < 4.78 is 30.7. The number of imidazole rings is 1. The molecule has 0 spiro atoms. The van der Waals surface area contributed by atoms with Crippen molar-refractivity contribution in [2.45, 2.75) is 51.0 Å². The molecule has 0 aliphatic carbocycles. The molecule has 2 atom stereocenters. The van der Waals surface area contributed by atoms with Crippen LogP contribution in [0.3, 0.4) is 0 Å². The molecule has 6 rings (SSSR count). The molecule has 0 N–H and O–H groups in total. The fourth-order valence-corrected chi connectivity index (χ4v) is 4.84. The van der Waals surface area contributed by atoms with Gasteiger partial charge in [-0.25, -0.2) is 14.1 Å². The van der Waals surface area contributed by atoms with E-state index in [9.17, 15) is 4.39 Å². The largest absolute Gasteiger partial charge is 0.358 e. The van der Waals surface area contributed by atoms with E-state index in [1.165, 1.54) is 6.07 Å². The SMILES string of the molecule is Fc1ccccc1-c1nn(C2CCCCO2)c2cnc(-c3cncn3C3CCCCO3)cc12. The van der Waals surface area contributed by atoms with Crippen LogP contribution in [0.25, 0.3) is 33.5 Å². The molecule has 33 heavy (non-hydrogen) atoms. The highest BCUT2D eigenvalue weighted by molar-refractivity contribution is 5.95. The van der Waals surface area contributed by atoms with E-state index in [4.69, 9.17) is 19.6 Å². The van der Waals surface area contributed by atoms with E-state index in [0.717, 1.165) is 67.4 Å². The fraction of sp³-hybridized carbons (Fsp3) is 0.400.